The SMILES string of the molecule is C=CCNC(=O)[C@@H]1CCCN1c1cc(-c2ccc(C#N)cc2)cc(-c2ccccc2O)n1. The molecular weight excluding hydrogens is 400 g/mol. The second kappa shape index (κ2) is 9.36. The second-order valence-electron chi connectivity index (χ2n) is 7.69. The molecule has 0 bridgehead atoms. The number of carbonyl (C=O) groups excluding carboxylic acids is 1. The number of phenolic OH excluding ortho intramolecular Hbond substituents is 1. The first kappa shape index (κ1) is 21.1. The highest BCUT2D eigenvalue weighted by Crippen LogP contribution is 2.35. The van der Waals surface area contributed by atoms with Gasteiger partial charge in [-0.3, -0.25) is 4.79 Å². The molecule has 3 aromatic rings. The van der Waals surface area contributed by atoms with Crippen LogP contribution in [-0.2, 0) is 4.79 Å². The van der Waals surface area contributed by atoms with Crippen LogP contribution in [0.25, 0.3) is 22.4 Å². The molecule has 1 aliphatic heterocycles. The Hall–Kier alpha value is -4.11. The number of phenols is 1. The number of hydrogen-bond donors (Lipinski definition) is 2. The lowest BCUT2D eigenvalue weighted by atomic mass is 10.0. The van der Waals surface area contributed by atoms with Crippen LogP contribution in [0.3, 0.4) is 0 Å². The summed E-state index contributed by atoms with van der Waals surface area (Å²) in [5.41, 5.74) is 3.65. The van der Waals surface area contributed by atoms with Crippen LogP contribution in [0.1, 0.15) is 18.4 Å². The number of amides is 1. The minimum absolute atomic E-state index is 0.0444. The monoisotopic (exact) mass is 424 g/mol. The lowest BCUT2D eigenvalue weighted by Crippen LogP contribution is -2.43. The van der Waals surface area contributed by atoms with Crippen LogP contribution < -0.4 is 10.2 Å². The molecule has 0 spiro atoms. The lowest BCUT2D eigenvalue weighted by Gasteiger charge is -2.26. The molecule has 1 aromatic heterocycles. The van der Waals surface area contributed by atoms with Gasteiger partial charge in [0.1, 0.15) is 17.6 Å². The molecule has 6 heteroatoms. The van der Waals surface area contributed by atoms with Gasteiger partial charge in [0.25, 0.3) is 0 Å². The molecule has 0 saturated carbocycles. The van der Waals surface area contributed by atoms with E-state index >= 15 is 0 Å². The fourth-order valence-corrected chi connectivity index (χ4v) is 4.00. The Bertz CT molecular complexity index is 1180. The maximum atomic E-state index is 12.7. The molecule has 6 nitrogen and oxygen atoms in total. The Morgan fingerprint density at radius 2 is 2.00 bits per heavy atom. The van der Waals surface area contributed by atoms with E-state index in [1.165, 1.54) is 0 Å². The summed E-state index contributed by atoms with van der Waals surface area (Å²) in [5.74, 6) is 0.781. The van der Waals surface area contributed by atoms with Crippen LogP contribution in [0.4, 0.5) is 5.82 Å². The summed E-state index contributed by atoms with van der Waals surface area (Å²) in [7, 11) is 0. The average Bonchev–Trinajstić information content (AvgIpc) is 3.33. The molecule has 1 aliphatic rings. The molecule has 160 valence electrons. The van der Waals surface area contributed by atoms with Gasteiger partial charge in [-0.25, -0.2) is 4.98 Å². The van der Waals surface area contributed by atoms with Crippen molar-refractivity contribution in [3.05, 3.63) is 78.9 Å². The number of hydrogen-bond acceptors (Lipinski definition) is 5. The van der Waals surface area contributed by atoms with E-state index in [2.05, 4.69) is 18.0 Å². The minimum atomic E-state index is -0.309. The molecule has 1 amide bonds. The van der Waals surface area contributed by atoms with Crippen molar-refractivity contribution >= 4 is 11.7 Å². The first-order valence-electron chi connectivity index (χ1n) is 10.6. The molecule has 2 heterocycles. The Kier molecular flexibility index (Phi) is 6.18. The van der Waals surface area contributed by atoms with Gasteiger partial charge in [0.15, 0.2) is 0 Å². The maximum Gasteiger partial charge on any atom is 0.243 e. The molecule has 0 radical (unpaired) electrons. The fraction of sp³-hybridized carbons (Fsp3) is 0.192. The largest absolute Gasteiger partial charge is 0.507 e. The predicted octanol–water partition coefficient (Wildman–Crippen LogP) is 4.26. The highest BCUT2D eigenvalue weighted by Gasteiger charge is 2.32. The van der Waals surface area contributed by atoms with Gasteiger partial charge in [-0.2, -0.15) is 5.26 Å². The van der Waals surface area contributed by atoms with Gasteiger partial charge in [-0.15, -0.1) is 6.58 Å². The van der Waals surface area contributed by atoms with Gasteiger partial charge in [0, 0.05) is 18.7 Å². The van der Waals surface area contributed by atoms with Crippen molar-refractivity contribution in [1.82, 2.24) is 10.3 Å². The Morgan fingerprint density at radius 1 is 1.22 bits per heavy atom. The molecule has 1 fully saturated rings. The molecule has 1 atom stereocenters. The Balaban J connectivity index is 1.80. The van der Waals surface area contributed by atoms with Crippen LogP contribution >= 0.6 is 0 Å². The van der Waals surface area contributed by atoms with E-state index in [1.54, 1.807) is 30.3 Å². The van der Waals surface area contributed by atoms with Gasteiger partial charge in [0.2, 0.25) is 5.91 Å². The number of para-hydroxylation sites is 1. The van der Waals surface area contributed by atoms with E-state index in [0.29, 0.717) is 29.2 Å². The first-order chi connectivity index (χ1) is 15.6. The third-order valence-electron chi connectivity index (χ3n) is 5.61. The van der Waals surface area contributed by atoms with Gasteiger partial charge in [-0.1, -0.05) is 30.3 Å². The molecule has 4 rings (SSSR count). The van der Waals surface area contributed by atoms with E-state index < -0.39 is 0 Å². The third-order valence-corrected chi connectivity index (χ3v) is 5.61. The number of carbonyl (C=O) groups is 1. The van der Waals surface area contributed by atoms with E-state index in [-0.39, 0.29) is 17.7 Å². The van der Waals surface area contributed by atoms with Crippen molar-refractivity contribution in [2.75, 3.05) is 18.0 Å². The van der Waals surface area contributed by atoms with Crippen molar-refractivity contribution in [1.29, 1.82) is 5.26 Å². The Morgan fingerprint density at radius 3 is 2.72 bits per heavy atom. The standard InChI is InChI=1S/C26H24N4O2/c1-2-13-28-26(32)23-7-5-14-30(23)25-16-20(19-11-9-18(17-27)10-12-19)15-22(29-25)21-6-3-4-8-24(21)31/h2-4,6,8-12,15-16,23,31H,1,5,7,13-14H2,(H,28,32)/t23-/m0/s1. The van der Waals surface area contributed by atoms with Crippen molar-refractivity contribution < 1.29 is 9.90 Å². The van der Waals surface area contributed by atoms with E-state index in [4.69, 9.17) is 10.2 Å². The molecule has 32 heavy (non-hydrogen) atoms. The summed E-state index contributed by atoms with van der Waals surface area (Å²) in [6.45, 7) is 4.80. The van der Waals surface area contributed by atoms with Crippen LogP contribution in [-0.4, -0.2) is 35.1 Å². The number of aromatic hydroxyl groups is 1. The third kappa shape index (κ3) is 4.33. The summed E-state index contributed by atoms with van der Waals surface area (Å²) in [4.78, 5) is 19.6. The lowest BCUT2D eigenvalue weighted by molar-refractivity contribution is -0.122. The number of aromatic nitrogens is 1. The van der Waals surface area contributed by atoms with Crippen molar-refractivity contribution in [3.8, 4) is 34.2 Å². The van der Waals surface area contributed by atoms with Crippen LogP contribution in [0.15, 0.2) is 73.3 Å². The van der Waals surface area contributed by atoms with Crippen molar-refractivity contribution in [3.63, 3.8) is 0 Å². The zero-order chi connectivity index (χ0) is 22.5. The summed E-state index contributed by atoms with van der Waals surface area (Å²) >= 11 is 0. The van der Waals surface area contributed by atoms with Crippen LogP contribution in [0, 0.1) is 11.3 Å². The number of rotatable bonds is 6. The quantitative estimate of drug-likeness (QED) is 0.577. The summed E-state index contributed by atoms with van der Waals surface area (Å²) in [5, 5.41) is 22.4. The molecule has 1 saturated heterocycles. The summed E-state index contributed by atoms with van der Waals surface area (Å²) < 4.78 is 0. The summed E-state index contributed by atoms with van der Waals surface area (Å²) in [6, 6.07) is 20.1. The van der Waals surface area contributed by atoms with Crippen molar-refractivity contribution in [2.24, 2.45) is 0 Å². The van der Waals surface area contributed by atoms with Crippen LogP contribution in [0.2, 0.25) is 0 Å². The molecule has 2 N–H and O–H groups in total. The maximum absolute atomic E-state index is 12.7. The highest BCUT2D eigenvalue weighted by atomic mass is 16.3. The average molecular weight is 425 g/mol. The highest BCUT2D eigenvalue weighted by molar-refractivity contribution is 5.86. The number of pyridine rings is 1. The number of nitrogens with one attached hydrogen (secondary N) is 1. The topological polar surface area (TPSA) is 89.2 Å². The molecule has 2 aromatic carbocycles. The smallest absolute Gasteiger partial charge is 0.243 e. The number of benzene rings is 2. The van der Waals surface area contributed by atoms with Gasteiger partial charge in [-0.05, 0) is 60.4 Å². The first-order valence-corrected chi connectivity index (χ1v) is 10.6. The zero-order valence-corrected chi connectivity index (χ0v) is 17.7. The number of anilines is 1. The van der Waals surface area contributed by atoms with Crippen LogP contribution in [0.5, 0.6) is 5.75 Å². The van der Waals surface area contributed by atoms with Crippen molar-refractivity contribution in [2.45, 2.75) is 18.9 Å². The number of nitrogens with zero attached hydrogens (tertiary/aromatic N) is 3. The van der Waals surface area contributed by atoms with E-state index in [0.717, 1.165) is 30.5 Å². The molecule has 0 unspecified atom stereocenters. The van der Waals surface area contributed by atoms with Gasteiger partial charge in [0.05, 0.1) is 17.3 Å². The zero-order valence-electron chi connectivity index (χ0n) is 17.7. The van der Waals surface area contributed by atoms with Gasteiger partial charge >= 0.3 is 0 Å². The molecular formula is C26H24N4O2. The Labute approximate surface area is 187 Å². The van der Waals surface area contributed by atoms with E-state index in [1.807, 2.05) is 41.3 Å². The number of nitriles is 1. The van der Waals surface area contributed by atoms with Gasteiger partial charge < -0.3 is 15.3 Å². The second-order valence-corrected chi connectivity index (χ2v) is 7.69. The predicted molar refractivity (Wildman–Crippen MR) is 125 cm³/mol. The fourth-order valence-electron chi connectivity index (χ4n) is 4.00. The molecule has 0 aliphatic carbocycles. The minimum Gasteiger partial charge on any atom is -0.507 e. The normalized spacial score (nSPS) is 15.2. The summed E-state index contributed by atoms with van der Waals surface area (Å²) in [6.07, 6.45) is 3.30. The van der Waals surface area contributed by atoms with E-state index in [9.17, 15) is 9.90 Å².